The third kappa shape index (κ3) is 3.31. The topological polar surface area (TPSA) is 24.5 Å². The van der Waals surface area contributed by atoms with Crippen molar-refractivity contribution in [2.75, 3.05) is 30.4 Å². The van der Waals surface area contributed by atoms with E-state index in [1.807, 2.05) is 12.1 Å². The average molecular weight is 292 g/mol. The maximum absolute atomic E-state index is 14.3. The molecule has 0 radical (unpaired) electrons. The average Bonchev–Trinajstić information content (AvgIpc) is 3.02. The first kappa shape index (κ1) is 14.6. The van der Waals surface area contributed by atoms with Crippen molar-refractivity contribution in [3.63, 3.8) is 0 Å². The summed E-state index contributed by atoms with van der Waals surface area (Å²) in [6.07, 6.45) is 7.18. The second kappa shape index (κ2) is 6.65. The van der Waals surface area contributed by atoms with Crippen LogP contribution in [0.1, 0.15) is 38.5 Å². The zero-order valence-corrected chi connectivity index (χ0v) is 12.8. The number of nitrogens with zero attached hydrogens (tertiary/aromatic N) is 1. The fraction of sp³-hybridized carbons (Fsp3) is 0.647. The first-order valence-electron chi connectivity index (χ1n) is 8.12. The Bertz CT molecular complexity index is 474. The van der Waals surface area contributed by atoms with Crippen LogP contribution in [-0.4, -0.2) is 32.3 Å². The molecule has 1 saturated heterocycles. The fourth-order valence-electron chi connectivity index (χ4n) is 3.57. The molecule has 1 N–H and O–H groups in total. The molecule has 1 aliphatic carbocycles. The van der Waals surface area contributed by atoms with Crippen LogP contribution in [0, 0.1) is 5.82 Å². The molecule has 1 aromatic carbocycles. The van der Waals surface area contributed by atoms with Crippen LogP contribution in [0.25, 0.3) is 0 Å². The van der Waals surface area contributed by atoms with E-state index in [2.05, 4.69) is 10.2 Å². The molecule has 2 unspecified atom stereocenters. The number of benzene rings is 1. The van der Waals surface area contributed by atoms with Gasteiger partial charge in [0, 0.05) is 25.9 Å². The van der Waals surface area contributed by atoms with Crippen molar-refractivity contribution in [3.05, 3.63) is 24.0 Å². The zero-order valence-electron chi connectivity index (χ0n) is 12.8. The first-order chi connectivity index (χ1) is 10.3. The third-order valence-electron chi connectivity index (χ3n) is 4.75. The molecule has 1 heterocycles. The first-order valence-corrected chi connectivity index (χ1v) is 8.12. The van der Waals surface area contributed by atoms with Crippen molar-refractivity contribution >= 4 is 11.4 Å². The number of hydrogen-bond donors (Lipinski definition) is 1. The van der Waals surface area contributed by atoms with Gasteiger partial charge in [-0.15, -0.1) is 0 Å². The highest BCUT2D eigenvalue weighted by atomic mass is 19.1. The number of anilines is 2. The number of hydrogen-bond acceptors (Lipinski definition) is 3. The van der Waals surface area contributed by atoms with Crippen LogP contribution >= 0.6 is 0 Å². The maximum Gasteiger partial charge on any atom is 0.148 e. The Kier molecular flexibility index (Phi) is 4.63. The molecule has 4 heteroatoms. The predicted molar refractivity (Wildman–Crippen MR) is 84.5 cm³/mol. The van der Waals surface area contributed by atoms with E-state index in [1.54, 1.807) is 13.2 Å². The summed E-state index contributed by atoms with van der Waals surface area (Å²) in [7, 11) is 1.77. The largest absolute Gasteiger partial charge is 0.380 e. The predicted octanol–water partition coefficient (Wildman–Crippen LogP) is 3.80. The van der Waals surface area contributed by atoms with E-state index in [-0.39, 0.29) is 11.9 Å². The van der Waals surface area contributed by atoms with Crippen molar-refractivity contribution < 1.29 is 9.13 Å². The van der Waals surface area contributed by atoms with Gasteiger partial charge < -0.3 is 15.0 Å². The van der Waals surface area contributed by atoms with E-state index in [9.17, 15) is 4.39 Å². The van der Waals surface area contributed by atoms with Gasteiger partial charge in [-0.05, 0) is 43.9 Å². The van der Waals surface area contributed by atoms with E-state index in [1.165, 1.54) is 12.8 Å². The number of methoxy groups -OCH3 is 1. The van der Waals surface area contributed by atoms with Gasteiger partial charge in [0.2, 0.25) is 0 Å². The van der Waals surface area contributed by atoms with Gasteiger partial charge in [0.05, 0.1) is 17.8 Å². The number of rotatable bonds is 4. The Morgan fingerprint density at radius 2 is 1.90 bits per heavy atom. The van der Waals surface area contributed by atoms with Crippen LogP contribution in [0.5, 0.6) is 0 Å². The summed E-state index contributed by atoms with van der Waals surface area (Å²) in [5.74, 6) is -0.119. The second-order valence-corrected chi connectivity index (χ2v) is 6.17. The van der Waals surface area contributed by atoms with Crippen molar-refractivity contribution in [2.24, 2.45) is 0 Å². The summed E-state index contributed by atoms with van der Waals surface area (Å²) >= 11 is 0. The lowest BCUT2D eigenvalue weighted by molar-refractivity contribution is 0.0606. The van der Waals surface area contributed by atoms with E-state index in [0.717, 1.165) is 50.1 Å². The van der Waals surface area contributed by atoms with E-state index >= 15 is 0 Å². The van der Waals surface area contributed by atoms with Gasteiger partial charge in [-0.1, -0.05) is 12.8 Å². The summed E-state index contributed by atoms with van der Waals surface area (Å²) in [5, 5.41) is 3.46. The highest BCUT2D eigenvalue weighted by molar-refractivity contribution is 5.57. The Hall–Kier alpha value is -1.29. The standard InChI is InChI=1S/C17H25FN2O/c1-21-17-7-3-2-6-15(17)19-13-8-9-16(14(18)12-13)20-10-4-5-11-20/h8-9,12,15,17,19H,2-7,10-11H2,1H3. The normalized spacial score (nSPS) is 26.1. The molecule has 3 nitrogen and oxygen atoms in total. The van der Waals surface area contributed by atoms with Gasteiger partial charge >= 0.3 is 0 Å². The Balaban J connectivity index is 1.69. The van der Waals surface area contributed by atoms with Crippen molar-refractivity contribution in [3.8, 4) is 0 Å². The molecular formula is C17H25FN2O. The van der Waals surface area contributed by atoms with Crippen LogP contribution in [0.4, 0.5) is 15.8 Å². The molecule has 2 atom stereocenters. The van der Waals surface area contributed by atoms with Crippen LogP contribution in [-0.2, 0) is 4.74 Å². The van der Waals surface area contributed by atoms with Gasteiger partial charge in [-0.25, -0.2) is 4.39 Å². The Morgan fingerprint density at radius 3 is 2.62 bits per heavy atom. The molecule has 1 aromatic rings. The van der Waals surface area contributed by atoms with E-state index in [0.29, 0.717) is 6.04 Å². The minimum absolute atomic E-state index is 0.119. The van der Waals surface area contributed by atoms with Gasteiger partial charge in [-0.2, -0.15) is 0 Å². The molecular weight excluding hydrogens is 267 g/mol. The number of nitrogens with one attached hydrogen (secondary N) is 1. The van der Waals surface area contributed by atoms with Crippen molar-refractivity contribution in [1.29, 1.82) is 0 Å². The van der Waals surface area contributed by atoms with Crippen LogP contribution in [0.3, 0.4) is 0 Å². The van der Waals surface area contributed by atoms with E-state index in [4.69, 9.17) is 4.74 Å². The zero-order chi connectivity index (χ0) is 14.7. The highest BCUT2D eigenvalue weighted by Crippen LogP contribution is 2.28. The van der Waals surface area contributed by atoms with Gasteiger partial charge in [0.1, 0.15) is 5.82 Å². The van der Waals surface area contributed by atoms with Crippen molar-refractivity contribution in [1.82, 2.24) is 0 Å². The Labute approximate surface area is 126 Å². The lowest BCUT2D eigenvalue weighted by Crippen LogP contribution is -2.37. The van der Waals surface area contributed by atoms with Crippen molar-refractivity contribution in [2.45, 2.75) is 50.7 Å². The molecule has 0 amide bonds. The second-order valence-electron chi connectivity index (χ2n) is 6.17. The SMILES string of the molecule is COC1CCCCC1Nc1ccc(N2CCCC2)c(F)c1. The minimum atomic E-state index is -0.119. The summed E-state index contributed by atoms with van der Waals surface area (Å²) in [6, 6.07) is 5.83. The maximum atomic E-state index is 14.3. The molecule has 0 aromatic heterocycles. The summed E-state index contributed by atoms with van der Waals surface area (Å²) in [4.78, 5) is 2.14. The van der Waals surface area contributed by atoms with Crippen LogP contribution in [0.15, 0.2) is 18.2 Å². The third-order valence-corrected chi connectivity index (χ3v) is 4.75. The molecule has 1 aliphatic heterocycles. The molecule has 3 rings (SSSR count). The van der Waals surface area contributed by atoms with Gasteiger partial charge in [0.15, 0.2) is 0 Å². The summed E-state index contributed by atoms with van der Waals surface area (Å²) in [5.41, 5.74) is 1.61. The monoisotopic (exact) mass is 292 g/mol. The summed E-state index contributed by atoms with van der Waals surface area (Å²) in [6.45, 7) is 1.94. The van der Waals surface area contributed by atoms with Crippen LogP contribution < -0.4 is 10.2 Å². The lowest BCUT2D eigenvalue weighted by atomic mass is 9.92. The molecule has 0 bridgehead atoms. The fourth-order valence-corrected chi connectivity index (χ4v) is 3.57. The van der Waals surface area contributed by atoms with Gasteiger partial charge in [-0.3, -0.25) is 0 Å². The highest BCUT2D eigenvalue weighted by Gasteiger charge is 2.25. The summed E-state index contributed by atoms with van der Waals surface area (Å²) < 4.78 is 19.9. The molecule has 116 valence electrons. The number of halogens is 1. The molecule has 2 aliphatic rings. The lowest BCUT2D eigenvalue weighted by Gasteiger charge is -2.32. The van der Waals surface area contributed by atoms with E-state index < -0.39 is 0 Å². The minimum Gasteiger partial charge on any atom is -0.380 e. The van der Waals surface area contributed by atoms with Gasteiger partial charge in [0.25, 0.3) is 0 Å². The molecule has 2 fully saturated rings. The number of ether oxygens (including phenoxy) is 1. The molecule has 1 saturated carbocycles. The Morgan fingerprint density at radius 1 is 1.14 bits per heavy atom. The quantitative estimate of drug-likeness (QED) is 0.913. The molecule has 0 spiro atoms. The smallest absolute Gasteiger partial charge is 0.148 e. The molecule has 21 heavy (non-hydrogen) atoms. The van der Waals surface area contributed by atoms with Crippen LogP contribution in [0.2, 0.25) is 0 Å².